The maximum Gasteiger partial charge on any atom is 0.311 e. The summed E-state index contributed by atoms with van der Waals surface area (Å²) in [6.45, 7) is 0. The first-order valence-corrected chi connectivity index (χ1v) is 5.46. The summed E-state index contributed by atoms with van der Waals surface area (Å²) in [6.07, 6.45) is 1.31. The van der Waals surface area contributed by atoms with Gasteiger partial charge in [-0.25, -0.2) is 4.98 Å². The Morgan fingerprint density at radius 2 is 2.16 bits per heavy atom. The van der Waals surface area contributed by atoms with E-state index < -0.39 is 4.92 Å². The summed E-state index contributed by atoms with van der Waals surface area (Å²) in [5.74, 6) is 0.138. The molecule has 0 aliphatic rings. The summed E-state index contributed by atoms with van der Waals surface area (Å²) in [6, 6.07) is 8.84. The van der Waals surface area contributed by atoms with Gasteiger partial charge in [-0.2, -0.15) is 5.26 Å². The van der Waals surface area contributed by atoms with E-state index >= 15 is 0 Å². The highest BCUT2D eigenvalue weighted by atomic mass is 35.5. The molecule has 0 aliphatic heterocycles. The Morgan fingerprint density at radius 1 is 1.37 bits per heavy atom. The van der Waals surface area contributed by atoms with Crippen LogP contribution in [0.4, 0.5) is 5.69 Å². The van der Waals surface area contributed by atoms with Crippen LogP contribution in [0.15, 0.2) is 36.5 Å². The van der Waals surface area contributed by atoms with Gasteiger partial charge in [-0.15, -0.1) is 0 Å². The summed E-state index contributed by atoms with van der Waals surface area (Å²) >= 11 is 5.77. The molecular weight excluding hydrogens is 270 g/mol. The van der Waals surface area contributed by atoms with E-state index in [1.807, 2.05) is 6.07 Å². The summed E-state index contributed by atoms with van der Waals surface area (Å²) in [5.41, 5.74) is 0.156. The molecule has 2 rings (SSSR count). The normalized spacial score (nSPS) is 9.68. The Kier molecular flexibility index (Phi) is 3.59. The topological polar surface area (TPSA) is 89.0 Å². The maximum absolute atomic E-state index is 10.8. The predicted octanol–water partition coefficient (Wildman–Crippen LogP) is 3.31. The third-order valence-corrected chi connectivity index (χ3v) is 2.43. The lowest BCUT2D eigenvalue weighted by atomic mass is 10.3. The fourth-order valence-electron chi connectivity index (χ4n) is 1.34. The number of nitriles is 1. The quantitative estimate of drug-likeness (QED) is 0.633. The van der Waals surface area contributed by atoms with Gasteiger partial charge < -0.3 is 4.74 Å². The van der Waals surface area contributed by atoms with Crippen molar-refractivity contribution in [3.8, 4) is 17.7 Å². The van der Waals surface area contributed by atoms with Gasteiger partial charge in [-0.05, 0) is 12.1 Å². The SMILES string of the molecule is N#Cc1ccc(Oc2cc(Cl)ccc2[N+](=O)[O-])nc1. The predicted molar refractivity (Wildman–Crippen MR) is 67.1 cm³/mol. The van der Waals surface area contributed by atoms with Gasteiger partial charge in [0.25, 0.3) is 0 Å². The zero-order valence-corrected chi connectivity index (χ0v) is 10.2. The zero-order valence-electron chi connectivity index (χ0n) is 9.41. The standard InChI is InChI=1S/C12H6ClN3O3/c13-9-2-3-10(16(17)18)11(5-9)19-12-4-1-8(6-14)7-15-12/h1-5,7H. The number of nitro groups is 1. The van der Waals surface area contributed by atoms with E-state index in [-0.39, 0.29) is 17.3 Å². The number of benzene rings is 1. The average molecular weight is 276 g/mol. The molecule has 94 valence electrons. The minimum absolute atomic E-state index is 0.00490. The van der Waals surface area contributed by atoms with Crippen LogP contribution >= 0.6 is 11.6 Å². The summed E-state index contributed by atoms with van der Waals surface area (Å²) in [5, 5.41) is 19.8. The molecule has 6 nitrogen and oxygen atoms in total. The van der Waals surface area contributed by atoms with Crippen molar-refractivity contribution >= 4 is 17.3 Å². The lowest BCUT2D eigenvalue weighted by Crippen LogP contribution is -1.94. The second kappa shape index (κ2) is 5.33. The van der Waals surface area contributed by atoms with E-state index in [2.05, 4.69) is 4.98 Å². The highest BCUT2D eigenvalue weighted by Gasteiger charge is 2.16. The number of nitrogens with zero attached hydrogens (tertiary/aromatic N) is 3. The molecule has 0 spiro atoms. The lowest BCUT2D eigenvalue weighted by Gasteiger charge is -2.05. The van der Waals surface area contributed by atoms with Gasteiger partial charge in [0.2, 0.25) is 11.6 Å². The van der Waals surface area contributed by atoms with Crippen LogP contribution in [-0.4, -0.2) is 9.91 Å². The number of rotatable bonds is 3. The van der Waals surface area contributed by atoms with Gasteiger partial charge in [-0.1, -0.05) is 11.6 Å². The van der Waals surface area contributed by atoms with E-state index in [9.17, 15) is 10.1 Å². The van der Waals surface area contributed by atoms with Crippen LogP contribution < -0.4 is 4.74 Å². The molecule has 0 unspecified atom stereocenters. The van der Waals surface area contributed by atoms with Crippen molar-refractivity contribution < 1.29 is 9.66 Å². The number of halogens is 1. The summed E-state index contributed by atoms with van der Waals surface area (Å²) in [7, 11) is 0. The van der Waals surface area contributed by atoms with Crippen LogP contribution in [0, 0.1) is 21.4 Å². The van der Waals surface area contributed by atoms with Crippen LogP contribution in [0.5, 0.6) is 11.6 Å². The molecule has 1 aromatic carbocycles. The molecule has 0 atom stereocenters. The smallest absolute Gasteiger partial charge is 0.311 e. The first-order valence-electron chi connectivity index (χ1n) is 5.08. The molecule has 0 aliphatic carbocycles. The van der Waals surface area contributed by atoms with Crippen molar-refractivity contribution in [2.24, 2.45) is 0 Å². The largest absolute Gasteiger partial charge is 0.432 e. The van der Waals surface area contributed by atoms with E-state index in [0.717, 1.165) is 0 Å². The Morgan fingerprint density at radius 3 is 2.74 bits per heavy atom. The summed E-state index contributed by atoms with van der Waals surface area (Å²) < 4.78 is 5.30. The fraction of sp³-hybridized carbons (Fsp3) is 0. The molecule has 0 N–H and O–H groups in total. The molecule has 0 saturated carbocycles. The Bertz CT molecular complexity index is 665. The minimum Gasteiger partial charge on any atom is -0.432 e. The number of aromatic nitrogens is 1. The Hall–Kier alpha value is -2.65. The van der Waals surface area contributed by atoms with Crippen molar-refractivity contribution in [2.75, 3.05) is 0 Å². The summed E-state index contributed by atoms with van der Waals surface area (Å²) in [4.78, 5) is 14.1. The van der Waals surface area contributed by atoms with Gasteiger partial charge in [0.15, 0.2) is 0 Å². The molecule has 19 heavy (non-hydrogen) atoms. The second-order valence-electron chi connectivity index (χ2n) is 3.47. The monoisotopic (exact) mass is 275 g/mol. The van der Waals surface area contributed by atoms with E-state index in [1.165, 1.54) is 36.5 Å². The molecule has 0 fully saturated rings. The van der Waals surface area contributed by atoms with Crippen LogP contribution in [0.3, 0.4) is 0 Å². The number of pyridine rings is 1. The van der Waals surface area contributed by atoms with Crippen molar-refractivity contribution in [1.82, 2.24) is 4.98 Å². The van der Waals surface area contributed by atoms with Gasteiger partial charge in [0.05, 0.1) is 10.5 Å². The Labute approximate surface area is 113 Å². The van der Waals surface area contributed by atoms with E-state index in [1.54, 1.807) is 0 Å². The maximum atomic E-state index is 10.8. The van der Waals surface area contributed by atoms with E-state index in [4.69, 9.17) is 21.6 Å². The zero-order chi connectivity index (χ0) is 13.8. The third kappa shape index (κ3) is 2.97. The molecule has 1 aromatic heterocycles. The second-order valence-corrected chi connectivity index (χ2v) is 3.90. The van der Waals surface area contributed by atoms with Gasteiger partial charge in [-0.3, -0.25) is 10.1 Å². The van der Waals surface area contributed by atoms with Crippen LogP contribution in [0.1, 0.15) is 5.56 Å². The number of ether oxygens (including phenoxy) is 1. The molecule has 0 saturated heterocycles. The average Bonchev–Trinajstić information content (AvgIpc) is 2.39. The van der Waals surface area contributed by atoms with Crippen molar-refractivity contribution in [3.63, 3.8) is 0 Å². The molecule has 7 heteroatoms. The van der Waals surface area contributed by atoms with Crippen LogP contribution in [-0.2, 0) is 0 Å². The molecular formula is C12H6ClN3O3. The van der Waals surface area contributed by atoms with Gasteiger partial charge in [0, 0.05) is 29.4 Å². The highest BCUT2D eigenvalue weighted by molar-refractivity contribution is 6.30. The molecule has 0 amide bonds. The van der Waals surface area contributed by atoms with Gasteiger partial charge in [0.1, 0.15) is 6.07 Å². The first-order chi connectivity index (χ1) is 9.10. The van der Waals surface area contributed by atoms with Crippen molar-refractivity contribution in [2.45, 2.75) is 0 Å². The fourth-order valence-corrected chi connectivity index (χ4v) is 1.50. The molecule has 0 bridgehead atoms. The first kappa shape index (κ1) is 12.8. The van der Waals surface area contributed by atoms with Crippen molar-refractivity contribution in [1.29, 1.82) is 5.26 Å². The lowest BCUT2D eigenvalue weighted by molar-refractivity contribution is -0.385. The van der Waals surface area contributed by atoms with Crippen LogP contribution in [0.25, 0.3) is 0 Å². The number of hydrogen-bond donors (Lipinski definition) is 0. The Balaban J connectivity index is 2.34. The minimum atomic E-state index is -0.574. The molecule has 1 heterocycles. The third-order valence-electron chi connectivity index (χ3n) is 2.20. The van der Waals surface area contributed by atoms with Gasteiger partial charge >= 0.3 is 5.69 Å². The number of hydrogen-bond acceptors (Lipinski definition) is 5. The molecule has 0 radical (unpaired) electrons. The van der Waals surface area contributed by atoms with Crippen molar-refractivity contribution in [3.05, 3.63) is 57.2 Å². The van der Waals surface area contributed by atoms with E-state index in [0.29, 0.717) is 10.6 Å². The molecule has 2 aromatic rings. The highest BCUT2D eigenvalue weighted by Crippen LogP contribution is 2.32. The van der Waals surface area contributed by atoms with Crippen LogP contribution in [0.2, 0.25) is 5.02 Å². The number of nitro benzene ring substituents is 1.